The Balaban J connectivity index is 1.62. The molecule has 1 aliphatic carbocycles. The second kappa shape index (κ2) is 5.51. The molecule has 102 valence electrons. The van der Waals surface area contributed by atoms with Crippen LogP contribution in [0.25, 0.3) is 0 Å². The molecule has 0 bridgehead atoms. The van der Waals surface area contributed by atoms with E-state index in [-0.39, 0.29) is 5.91 Å². The number of benzene rings is 1. The van der Waals surface area contributed by atoms with Gasteiger partial charge in [0.15, 0.2) is 0 Å². The zero-order valence-corrected chi connectivity index (χ0v) is 11.2. The van der Waals surface area contributed by atoms with Gasteiger partial charge in [0.25, 0.3) is 5.91 Å². The summed E-state index contributed by atoms with van der Waals surface area (Å²) in [6.07, 6.45) is 5.15. The van der Waals surface area contributed by atoms with Crippen LogP contribution in [0.5, 0.6) is 0 Å². The van der Waals surface area contributed by atoms with Crippen molar-refractivity contribution >= 4 is 17.3 Å². The van der Waals surface area contributed by atoms with Crippen molar-refractivity contribution in [3.63, 3.8) is 0 Å². The Hall–Kier alpha value is -1.71. The first-order valence-corrected chi connectivity index (χ1v) is 7.23. The van der Waals surface area contributed by atoms with Crippen LogP contribution < -0.4 is 16.0 Å². The minimum Gasteiger partial charge on any atom is -0.382 e. The van der Waals surface area contributed by atoms with Gasteiger partial charge in [0.2, 0.25) is 0 Å². The van der Waals surface area contributed by atoms with Crippen molar-refractivity contribution in [3.05, 3.63) is 23.8 Å². The zero-order valence-electron chi connectivity index (χ0n) is 11.2. The van der Waals surface area contributed by atoms with E-state index in [2.05, 4.69) is 16.0 Å². The van der Waals surface area contributed by atoms with E-state index >= 15 is 0 Å². The second-order valence-corrected chi connectivity index (χ2v) is 5.47. The summed E-state index contributed by atoms with van der Waals surface area (Å²) in [6.45, 7) is 2.65. The van der Waals surface area contributed by atoms with E-state index in [9.17, 15) is 4.79 Å². The maximum absolute atomic E-state index is 12.1. The molecule has 1 aromatic carbocycles. The van der Waals surface area contributed by atoms with Crippen LogP contribution >= 0.6 is 0 Å². The van der Waals surface area contributed by atoms with Crippen molar-refractivity contribution in [3.8, 4) is 0 Å². The second-order valence-electron chi connectivity index (χ2n) is 5.47. The summed E-state index contributed by atoms with van der Waals surface area (Å²) in [7, 11) is 0. The lowest BCUT2D eigenvalue weighted by Gasteiger charge is -2.20. The lowest BCUT2D eigenvalue weighted by molar-refractivity contribution is 0.0947. The van der Waals surface area contributed by atoms with Crippen LogP contribution in [0.2, 0.25) is 0 Å². The van der Waals surface area contributed by atoms with Crippen molar-refractivity contribution in [2.24, 2.45) is 5.92 Å². The highest BCUT2D eigenvalue weighted by molar-refractivity contribution is 5.96. The molecule has 0 spiro atoms. The molecule has 19 heavy (non-hydrogen) atoms. The Morgan fingerprint density at radius 1 is 1.16 bits per heavy atom. The molecule has 0 radical (unpaired) electrons. The Morgan fingerprint density at radius 2 is 1.89 bits per heavy atom. The van der Waals surface area contributed by atoms with Crippen LogP contribution in [-0.2, 0) is 0 Å². The summed E-state index contributed by atoms with van der Waals surface area (Å²) in [5.74, 6) is 0.725. The van der Waals surface area contributed by atoms with Crippen molar-refractivity contribution in [1.82, 2.24) is 5.32 Å². The molecule has 1 aromatic rings. The van der Waals surface area contributed by atoms with Gasteiger partial charge in [0.05, 0.1) is 11.4 Å². The molecule has 2 aliphatic rings. The van der Waals surface area contributed by atoms with Crippen LogP contribution in [0, 0.1) is 5.92 Å². The van der Waals surface area contributed by atoms with Crippen molar-refractivity contribution in [2.45, 2.75) is 25.7 Å². The van der Waals surface area contributed by atoms with Crippen LogP contribution in [0.1, 0.15) is 36.0 Å². The Labute approximate surface area is 114 Å². The monoisotopic (exact) mass is 259 g/mol. The molecule has 1 saturated carbocycles. The van der Waals surface area contributed by atoms with Gasteiger partial charge in [0.1, 0.15) is 0 Å². The quantitative estimate of drug-likeness (QED) is 0.781. The van der Waals surface area contributed by atoms with Gasteiger partial charge in [-0.15, -0.1) is 0 Å². The molecular formula is C15H21N3O. The lowest BCUT2D eigenvalue weighted by Crippen LogP contribution is -2.28. The molecule has 0 saturated heterocycles. The molecule has 1 heterocycles. The topological polar surface area (TPSA) is 53.2 Å². The van der Waals surface area contributed by atoms with Gasteiger partial charge in [-0.2, -0.15) is 0 Å². The van der Waals surface area contributed by atoms with E-state index in [4.69, 9.17) is 0 Å². The van der Waals surface area contributed by atoms with E-state index in [1.54, 1.807) is 0 Å². The number of hydrogen-bond acceptors (Lipinski definition) is 3. The molecule has 3 N–H and O–H groups in total. The normalized spacial score (nSPS) is 18.3. The van der Waals surface area contributed by atoms with Gasteiger partial charge >= 0.3 is 0 Å². The van der Waals surface area contributed by atoms with E-state index < -0.39 is 0 Å². The summed E-state index contributed by atoms with van der Waals surface area (Å²) in [5, 5.41) is 9.68. The third-order valence-corrected chi connectivity index (χ3v) is 4.06. The first kappa shape index (κ1) is 12.3. The Morgan fingerprint density at radius 3 is 2.68 bits per heavy atom. The maximum atomic E-state index is 12.1. The molecule has 0 unspecified atom stereocenters. The first-order valence-electron chi connectivity index (χ1n) is 7.23. The lowest BCUT2D eigenvalue weighted by atomic mass is 10.1. The largest absolute Gasteiger partial charge is 0.382 e. The summed E-state index contributed by atoms with van der Waals surface area (Å²) in [5.41, 5.74) is 2.85. The highest BCUT2D eigenvalue weighted by atomic mass is 16.1. The van der Waals surface area contributed by atoms with E-state index in [0.717, 1.165) is 36.6 Å². The number of anilines is 2. The van der Waals surface area contributed by atoms with Gasteiger partial charge in [-0.25, -0.2) is 0 Å². The maximum Gasteiger partial charge on any atom is 0.251 e. The molecule has 1 amide bonds. The fourth-order valence-corrected chi connectivity index (χ4v) is 2.93. The van der Waals surface area contributed by atoms with Gasteiger partial charge in [-0.3, -0.25) is 4.79 Å². The molecule has 0 atom stereocenters. The standard InChI is InChI=1S/C15H21N3O/c19-15(18-10-11-3-1-2-4-11)12-5-6-13-14(9-12)17-8-7-16-13/h5-6,9,11,16-17H,1-4,7-8,10H2,(H,18,19). The van der Waals surface area contributed by atoms with Crippen LogP contribution in [0.3, 0.4) is 0 Å². The molecule has 0 aromatic heterocycles. The highest BCUT2D eigenvalue weighted by Crippen LogP contribution is 2.26. The number of rotatable bonds is 3. The van der Waals surface area contributed by atoms with Gasteiger partial charge in [-0.1, -0.05) is 12.8 Å². The van der Waals surface area contributed by atoms with E-state index in [1.807, 2.05) is 18.2 Å². The fourth-order valence-electron chi connectivity index (χ4n) is 2.93. The minimum absolute atomic E-state index is 0.0436. The average molecular weight is 259 g/mol. The minimum atomic E-state index is 0.0436. The summed E-state index contributed by atoms with van der Waals surface area (Å²) in [4.78, 5) is 12.1. The number of hydrogen-bond donors (Lipinski definition) is 3. The highest BCUT2D eigenvalue weighted by Gasteiger charge is 2.17. The molecular weight excluding hydrogens is 238 g/mol. The van der Waals surface area contributed by atoms with Crippen molar-refractivity contribution in [1.29, 1.82) is 0 Å². The van der Waals surface area contributed by atoms with Gasteiger partial charge < -0.3 is 16.0 Å². The zero-order chi connectivity index (χ0) is 13.1. The molecule has 1 aliphatic heterocycles. The number of fused-ring (bicyclic) bond motifs is 1. The Bertz CT molecular complexity index is 466. The van der Waals surface area contributed by atoms with E-state index in [1.165, 1.54) is 25.7 Å². The van der Waals surface area contributed by atoms with Crippen molar-refractivity contribution < 1.29 is 4.79 Å². The first-order chi connectivity index (χ1) is 9.33. The molecule has 1 fully saturated rings. The van der Waals surface area contributed by atoms with Crippen LogP contribution in [-0.4, -0.2) is 25.5 Å². The third-order valence-electron chi connectivity index (χ3n) is 4.06. The SMILES string of the molecule is O=C(NCC1CCCC1)c1ccc2c(c1)NCCN2. The molecule has 4 heteroatoms. The Kier molecular flexibility index (Phi) is 3.58. The van der Waals surface area contributed by atoms with Crippen LogP contribution in [0.4, 0.5) is 11.4 Å². The summed E-state index contributed by atoms with van der Waals surface area (Å²) >= 11 is 0. The van der Waals surface area contributed by atoms with Gasteiger partial charge in [-0.05, 0) is 37.0 Å². The predicted octanol–water partition coefficient (Wildman–Crippen LogP) is 2.44. The number of carbonyl (C=O) groups is 1. The number of amides is 1. The molecule has 3 rings (SSSR count). The fraction of sp³-hybridized carbons (Fsp3) is 0.533. The molecule has 4 nitrogen and oxygen atoms in total. The van der Waals surface area contributed by atoms with Crippen molar-refractivity contribution in [2.75, 3.05) is 30.3 Å². The number of nitrogens with one attached hydrogen (secondary N) is 3. The van der Waals surface area contributed by atoms with E-state index in [0.29, 0.717) is 5.92 Å². The third kappa shape index (κ3) is 2.83. The van der Waals surface area contributed by atoms with Gasteiger partial charge in [0, 0.05) is 25.2 Å². The summed E-state index contributed by atoms with van der Waals surface area (Å²) < 4.78 is 0. The average Bonchev–Trinajstić information content (AvgIpc) is 2.97. The smallest absolute Gasteiger partial charge is 0.251 e. The predicted molar refractivity (Wildman–Crippen MR) is 77.7 cm³/mol. The van der Waals surface area contributed by atoms with Crippen LogP contribution in [0.15, 0.2) is 18.2 Å². The summed E-state index contributed by atoms with van der Waals surface area (Å²) in [6, 6.07) is 5.81. The number of carbonyl (C=O) groups excluding carboxylic acids is 1.